The van der Waals surface area contributed by atoms with Crippen LogP contribution in [0.3, 0.4) is 0 Å². The van der Waals surface area contributed by atoms with Crippen LogP contribution in [-0.2, 0) is 14.8 Å². The smallest absolute Gasteiger partial charge is 0.244 e. The molecule has 0 saturated carbocycles. The molecule has 1 aromatic rings. The van der Waals surface area contributed by atoms with E-state index in [1.54, 1.807) is 32.9 Å². The number of carbonyl (C=O) groups excluding carboxylic acids is 1. The van der Waals surface area contributed by atoms with E-state index >= 15 is 0 Å². The van der Waals surface area contributed by atoms with Gasteiger partial charge in [-0.3, -0.25) is 4.79 Å². The third kappa shape index (κ3) is 2.27. The van der Waals surface area contributed by atoms with Crippen molar-refractivity contribution in [3.63, 3.8) is 0 Å². The van der Waals surface area contributed by atoms with E-state index in [-0.39, 0.29) is 17.3 Å². The van der Waals surface area contributed by atoms with Gasteiger partial charge in [0, 0.05) is 18.8 Å². The van der Waals surface area contributed by atoms with E-state index in [9.17, 15) is 13.2 Å². The Hall–Kier alpha value is -1.60. The number of nitrogens with one attached hydrogen (secondary N) is 1. The van der Waals surface area contributed by atoms with Crippen molar-refractivity contribution in [3.05, 3.63) is 23.8 Å². The van der Waals surface area contributed by atoms with Crippen molar-refractivity contribution in [3.8, 4) is 0 Å². The molecule has 1 aromatic carbocycles. The third-order valence-electron chi connectivity index (χ3n) is 3.56. The van der Waals surface area contributed by atoms with Gasteiger partial charge in [-0.1, -0.05) is 6.07 Å². The zero-order valence-electron chi connectivity index (χ0n) is 11.8. The number of sulfonamides is 1. The standard InChI is InChI=1S/C13H19N3O3S/c1-9-4-5-10(14)8-11(9)20(18,19)16-7-6-15-12(17)13(16,2)3/h4-5,8H,6-7,14H2,1-3H3,(H,15,17). The zero-order chi connectivity index (χ0) is 15.1. The molecule has 0 aromatic heterocycles. The van der Waals surface area contributed by atoms with E-state index in [1.807, 2.05) is 0 Å². The summed E-state index contributed by atoms with van der Waals surface area (Å²) in [6.07, 6.45) is 0. The first-order valence-corrected chi connectivity index (χ1v) is 7.78. The van der Waals surface area contributed by atoms with Crippen LogP contribution in [-0.4, -0.2) is 37.3 Å². The van der Waals surface area contributed by atoms with Gasteiger partial charge in [0.05, 0.1) is 4.90 Å². The SMILES string of the molecule is Cc1ccc(N)cc1S(=O)(=O)N1CCNC(=O)C1(C)C. The van der Waals surface area contributed by atoms with Gasteiger partial charge in [0.25, 0.3) is 0 Å². The highest BCUT2D eigenvalue weighted by atomic mass is 32.2. The molecular weight excluding hydrogens is 278 g/mol. The second-order valence-corrected chi connectivity index (χ2v) is 7.25. The number of nitrogens with zero attached hydrogens (tertiary/aromatic N) is 1. The maximum atomic E-state index is 12.8. The number of rotatable bonds is 2. The molecule has 2 rings (SSSR count). The lowest BCUT2D eigenvalue weighted by atomic mass is 10.0. The second kappa shape index (κ2) is 4.75. The monoisotopic (exact) mass is 297 g/mol. The van der Waals surface area contributed by atoms with Gasteiger partial charge >= 0.3 is 0 Å². The Bertz CT molecular complexity index is 653. The average Bonchev–Trinajstić information content (AvgIpc) is 2.35. The van der Waals surface area contributed by atoms with E-state index < -0.39 is 15.6 Å². The van der Waals surface area contributed by atoms with Crippen LogP contribution in [0.25, 0.3) is 0 Å². The topological polar surface area (TPSA) is 92.5 Å². The van der Waals surface area contributed by atoms with Gasteiger partial charge in [-0.15, -0.1) is 0 Å². The fourth-order valence-corrected chi connectivity index (χ4v) is 4.33. The molecular formula is C13H19N3O3S. The molecule has 0 spiro atoms. The van der Waals surface area contributed by atoms with Crippen LogP contribution in [0.1, 0.15) is 19.4 Å². The fraction of sp³-hybridized carbons (Fsp3) is 0.462. The third-order valence-corrected chi connectivity index (χ3v) is 5.77. The number of nitrogens with two attached hydrogens (primary N) is 1. The number of aryl methyl sites for hydroxylation is 1. The van der Waals surface area contributed by atoms with Crippen LogP contribution in [0, 0.1) is 6.92 Å². The molecule has 7 heteroatoms. The van der Waals surface area contributed by atoms with E-state index in [1.165, 1.54) is 10.4 Å². The molecule has 1 heterocycles. The molecule has 0 atom stereocenters. The summed E-state index contributed by atoms with van der Waals surface area (Å²) in [5, 5.41) is 2.68. The van der Waals surface area contributed by atoms with Gasteiger partial charge in [0.2, 0.25) is 15.9 Å². The molecule has 1 amide bonds. The Morgan fingerprint density at radius 3 is 2.65 bits per heavy atom. The molecule has 0 aliphatic carbocycles. The number of hydrogen-bond acceptors (Lipinski definition) is 4. The maximum absolute atomic E-state index is 12.8. The van der Waals surface area contributed by atoms with Crippen molar-refractivity contribution in [1.82, 2.24) is 9.62 Å². The molecule has 0 bridgehead atoms. The molecule has 0 unspecified atom stereocenters. The average molecular weight is 297 g/mol. The number of anilines is 1. The lowest BCUT2D eigenvalue weighted by molar-refractivity contribution is -0.131. The molecule has 1 aliphatic heterocycles. The van der Waals surface area contributed by atoms with E-state index in [2.05, 4.69) is 5.32 Å². The molecule has 1 aliphatic rings. The van der Waals surface area contributed by atoms with Gasteiger partial charge in [-0.05, 0) is 38.5 Å². The Balaban J connectivity index is 2.55. The highest BCUT2D eigenvalue weighted by molar-refractivity contribution is 7.89. The molecule has 0 radical (unpaired) electrons. The summed E-state index contributed by atoms with van der Waals surface area (Å²) >= 11 is 0. The predicted octanol–water partition coefficient (Wildman–Crippen LogP) is 0.476. The Morgan fingerprint density at radius 1 is 1.35 bits per heavy atom. The first-order valence-electron chi connectivity index (χ1n) is 6.34. The van der Waals surface area contributed by atoms with Crippen LogP contribution < -0.4 is 11.1 Å². The number of benzene rings is 1. The first kappa shape index (κ1) is 14.8. The summed E-state index contributed by atoms with van der Waals surface area (Å²) in [4.78, 5) is 12.1. The Labute approximate surface area is 119 Å². The lowest BCUT2D eigenvalue weighted by Gasteiger charge is -2.40. The van der Waals surface area contributed by atoms with Crippen LogP contribution in [0.2, 0.25) is 0 Å². The van der Waals surface area contributed by atoms with E-state index in [0.717, 1.165) is 0 Å². The second-order valence-electron chi connectivity index (χ2n) is 5.42. The molecule has 3 N–H and O–H groups in total. The van der Waals surface area contributed by atoms with Crippen molar-refractivity contribution >= 4 is 21.6 Å². The summed E-state index contributed by atoms with van der Waals surface area (Å²) < 4.78 is 26.9. The number of piperazine rings is 1. The Kier molecular flexibility index (Phi) is 3.51. The van der Waals surface area contributed by atoms with Gasteiger partial charge in [-0.25, -0.2) is 8.42 Å². The minimum atomic E-state index is -3.76. The number of carbonyl (C=O) groups is 1. The number of nitrogen functional groups attached to an aromatic ring is 1. The van der Waals surface area contributed by atoms with Crippen molar-refractivity contribution in [2.24, 2.45) is 0 Å². The summed E-state index contributed by atoms with van der Waals surface area (Å²) in [6.45, 7) is 5.46. The van der Waals surface area contributed by atoms with Crippen LogP contribution >= 0.6 is 0 Å². The first-order chi connectivity index (χ1) is 9.17. The normalized spacial score (nSPS) is 19.6. The highest BCUT2D eigenvalue weighted by Crippen LogP contribution is 2.29. The van der Waals surface area contributed by atoms with Crippen LogP contribution in [0.5, 0.6) is 0 Å². The summed E-state index contributed by atoms with van der Waals surface area (Å²) in [7, 11) is -3.76. The summed E-state index contributed by atoms with van der Waals surface area (Å²) in [5.74, 6) is -0.297. The van der Waals surface area contributed by atoms with Crippen molar-refractivity contribution < 1.29 is 13.2 Å². The van der Waals surface area contributed by atoms with Gasteiger partial charge in [0.1, 0.15) is 5.54 Å². The molecule has 1 saturated heterocycles. The quantitative estimate of drug-likeness (QED) is 0.776. The maximum Gasteiger partial charge on any atom is 0.244 e. The van der Waals surface area contributed by atoms with Gasteiger partial charge < -0.3 is 11.1 Å². The zero-order valence-corrected chi connectivity index (χ0v) is 12.6. The fourth-order valence-electron chi connectivity index (χ4n) is 2.31. The highest BCUT2D eigenvalue weighted by Gasteiger charge is 2.45. The van der Waals surface area contributed by atoms with Gasteiger partial charge in [-0.2, -0.15) is 4.31 Å². The molecule has 110 valence electrons. The minimum Gasteiger partial charge on any atom is -0.399 e. The summed E-state index contributed by atoms with van der Waals surface area (Å²) in [6, 6.07) is 4.76. The molecule has 20 heavy (non-hydrogen) atoms. The van der Waals surface area contributed by atoms with Gasteiger partial charge in [0.15, 0.2) is 0 Å². The minimum absolute atomic E-state index is 0.153. The number of hydrogen-bond donors (Lipinski definition) is 2. The molecule has 6 nitrogen and oxygen atoms in total. The lowest BCUT2D eigenvalue weighted by Crippen LogP contribution is -2.63. The predicted molar refractivity (Wildman–Crippen MR) is 76.6 cm³/mol. The van der Waals surface area contributed by atoms with Crippen molar-refractivity contribution in [1.29, 1.82) is 0 Å². The van der Waals surface area contributed by atoms with Crippen LogP contribution in [0.15, 0.2) is 23.1 Å². The number of amides is 1. The van der Waals surface area contributed by atoms with Crippen molar-refractivity contribution in [2.75, 3.05) is 18.8 Å². The summed E-state index contributed by atoms with van der Waals surface area (Å²) in [5.41, 5.74) is 5.56. The Morgan fingerprint density at radius 2 is 2.00 bits per heavy atom. The van der Waals surface area contributed by atoms with Crippen molar-refractivity contribution in [2.45, 2.75) is 31.2 Å². The van der Waals surface area contributed by atoms with E-state index in [0.29, 0.717) is 17.8 Å². The largest absolute Gasteiger partial charge is 0.399 e. The van der Waals surface area contributed by atoms with E-state index in [4.69, 9.17) is 5.73 Å². The molecule has 1 fully saturated rings. The van der Waals surface area contributed by atoms with Crippen LogP contribution in [0.4, 0.5) is 5.69 Å².